The zero-order valence-electron chi connectivity index (χ0n) is 22.6. The van der Waals surface area contributed by atoms with Gasteiger partial charge in [-0.05, 0) is 37.5 Å². The molecular formula is C30H26ClN3O7S. The topological polar surface area (TPSA) is 122 Å². The lowest BCUT2D eigenvalue weighted by Crippen LogP contribution is -2.69. The highest BCUT2D eigenvalue weighted by atomic mass is 35.5. The van der Waals surface area contributed by atoms with Gasteiger partial charge in [0, 0.05) is 24.4 Å². The van der Waals surface area contributed by atoms with Gasteiger partial charge in [-0.2, -0.15) is 0 Å². The normalized spacial score (nSPS) is 19.3. The van der Waals surface area contributed by atoms with Crippen LogP contribution in [0.3, 0.4) is 0 Å². The van der Waals surface area contributed by atoms with E-state index in [0.29, 0.717) is 35.2 Å². The number of benzene rings is 2. The van der Waals surface area contributed by atoms with Crippen molar-refractivity contribution in [2.75, 3.05) is 23.4 Å². The molecule has 2 fully saturated rings. The Labute approximate surface area is 250 Å². The second kappa shape index (κ2) is 10.9. The summed E-state index contributed by atoms with van der Waals surface area (Å²) in [6.07, 6.45) is 1.50. The van der Waals surface area contributed by atoms with Crippen molar-refractivity contribution in [3.8, 4) is 11.1 Å². The fourth-order valence-corrected chi connectivity index (χ4v) is 7.06. The first-order valence-corrected chi connectivity index (χ1v) is 14.7. The van der Waals surface area contributed by atoms with Gasteiger partial charge < -0.3 is 19.7 Å². The zero-order valence-corrected chi connectivity index (χ0v) is 24.1. The average Bonchev–Trinajstić information content (AvgIpc) is 3.68. The van der Waals surface area contributed by atoms with Crippen LogP contribution >= 0.6 is 22.9 Å². The predicted molar refractivity (Wildman–Crippen MR) is 155 cm³/mol. The molecule has 6 rings (SSSR count). The molecule has 3 aromatic rings. The van der Waals surface area contributed by atoms with Crippen molar-refractivity contribution in [1.82, 2.24) is 4.90 Å². The van der Waals surface area contributed by atoms with E-state index in [-0.39, 0.29) is 52.2 Å². The number of anilines is 2. The number of thiophene rings is 1. The van der Waals surface area contributed by atoms with Crippen molar-refractivity contribution < 1.29 is 33.4 Å². The van der Waals surface area contributed by atoms with Crippen molar-refractivity contribution in [1.29, 1.82) is 0 Å². The number of hydrogen-bond donors (Lipinski definition) is 1. The minimum Gasteiger partial charge on any atom is -0.462 e. The molecule has 10 nitrogen and oxygen atoms in total. The highest BCUT2D eigenvalue weighted by Gasteiger charge is 2.64. The van der Waals surface area contributed by atoms with Crippen LogP contribution in [-0.4, -0.2) is 59.5 Å². The van der Waals surface area contributed by atoms with Gasteiger partial charge in [0.25, 0.3) is 11.8 Å². The molecule has 2 aliphatic heterocycles. The molecule has 1 saturated carbocycles. The SMILES string of the molecule is CCOC(=O)c1c(NC(=O)COC(=O)C23CCC(=O)N2c2ccccc2C(=O)N3C2CC2)sc(Cl)c1-c1ccccc1. The van der Waals surface area contributed by atoms with Gasteiger partial charge >= 0.3 is 11.9 Å². The summed E-state index contributed by atoms with van der Waals surface area (Å²) >= 11 is 7.51. The number of rotatable bonds is 8. The standard InChI is InChI=1S/C30H26ClN3O7S/c1-2-40-28(38)24-23(17-8-4-3-5-9-17)25(31)42-26(24)32-21(35)16-41-29(39)30-15-14-22(36)34(30)20-11-7-6-10-19(20)27(37)33(30)18-12-13-18/h3-11,18H,2,12-16H2,1H3,(H,32,35). The van der Waals surface area contributed by atoms with E-state index in [2.05, 4.69) is 5.32 Å². The molecule has 0 spiro atoms. The van der Waals surface area contributed by atoms with E-state index in [1.165, 1.54) is 9.80 Å². The lowest BCUT2D eigenvalue weighted by Gasteiger charge is -2.48. The first-order valence-electron chi connectivity index (χ1n) is 13.6. The number of halogens is 1. The van der Waals surface area contributed by atoms with Crippen LogP contribution in [0, 0.1) is 0 Å². The van der Waals surface area contributed by atoms with Gasteiger partial charge in [-0.25, -0.2) is 9.59 Å². The molecule has 0 bridgehead atoms. The zero-order chi connectivity index (χ0) is 29.6. The largest absolute Gasteiger partial charge is 0.462 e. The molecule has 1 aliphatic carbocycles. The summed E-state index contributed by atoms with van der Waals surface area (Å²) in [5.41, 5.74) is 0.207. The maximum Gasteiger partial charge on any atom is 0.354 e. The van der Waals surface area contributed by atoms with E-state index in [9.17, 15) is 24.0 Å². The van der Waals surface area contributed by atoms with Crippen LogP contribution in [-0.2, 0) is 23.9 Å². The molecule has 1 atom stereocenters. The van der Waals surface area contributed by atoms with E-state index in [0.717, 1.165) is 11.3 Å². The lowest BCUT2D eigenvalue weighted by atomic mass is 9.96. The summed E-state index contributed by atoms with van der Waals surface area (Å²) in [7, 11) is 0. The Morgan fingerprint density at radius 1 is 1.05 bits per heavy atom. The molecule has 12 heteroatoms. The fourth-order valence-electron chi connectivity index (χ4n) is 5.67. The Bertz CT molecular complexity index is 1620. The van der Waals surface area contributed by atoms with E-state index in [1.807, 2.05) is 6.07 Å². The molecule has 1 aromatic heterocycles. The molecule has 216 valence electrons. The third-order valence-electron chi connectivity index (χ3n) is 7.53. The number of carbonyl (C=O) groups is 5. The third kappa shape index (κ3) is 4.53. The Hall–Kier alpha value is -4.22. The van der Waals surface area contributed by atoms with Crippen LogP contribution < -0.4 is 10.2 Å². The minimum absolute atomic E-state index is 0.0466. The number of amides is 3. The molecule has 1 unspecified atom stereocenters. The Morgan fingerprint density at radius 2 is 1.76 bits per heavy atom. The van der Waals surface area contributed by atoms with Gasteiger partial charge in [0.05, 0.1) is 17.9 Å². The van der Waals surface area contributed by atoms with Gasteiger partial charge in [-0.1, -0.05) is 54.1 Å². The van der Waals surface area contributed by atoms with Gasteiger partial charge in [0.1, 0.15) is 14.9 Å². The van der Waals surface area contributed by atoms with E-state index in [1.54, 1.807) is 55.5 Å². The monoisotopic (exact) mass is 607 g/mol. The van der Waals surface area contributed by atoms with Crippen LogP contribution in [0.5, 0.6) is 0 Å². The smallest absolute Gasteiger partial charge is 0.354 e. The molecule has 2 aromatic carbocycles. The molecule has 42 heavy (non-hydrogen) atoms. The van der Waals surface area contributed by atoms with Crippen LogP contribution in [0.2, 0.25) is 4.34 Å². The number of esters is 2. The molecular weight excluding hydrogens is 582 g/mol. The second-order valence-corrected chi connectivity index (χ2v) is 11.8. The van der Waals surface area contributed by atoms with Crippen molar-refractivity contribution in [2.24, 2.45) is 0 Å². The molecule has 1 saturated heterocycles. The van der Waals surface area contributed by atoms with E-state index < -0.39 is 30.1 Å². The molecule has 3 aliphatic rings. The number of nitrogens with one attached hydrogen (secondary N) is 1. The van der Waals surface area contributed by atoms with E-state index >= 15 is 0 Å². The van der Waals surface area contributed by atoms with Gasteiger partial charge in [0.15, 0.2) is 6.61 Å². The first kappa shape index (κ1) is 27.9. The highest BCUT2D eigenvalue weighted by Crippen LogP contribution is 2.49. The van der Waals surface area contributed by atoms with Crippen LogP contribution in [0.15, 0.2) is 54.6 Å². The molecule has 3 amide bonds. The quantitative estimate of drug-likeness (QED) is 0.363. The predicted octanol–water partition coefficient (Wildman–Crippen LogP) is 4.87. The number of carbonyl (C=O) groups excluding carboxylic acids is 5. The van der Waals surface area contributed by atoms with Crippen molar-refractivity contribution in [2.45, 2.75) is 44.3 Å². The highest BCUT2D eigenvalue weighted by molar-refractivity contribution is 7.21. The summed E-state index contributed by atoms with van der Waals surface area (Å²) in [5, 5.41) is 2.78. The number of fused-ring (bicyclic) bond motifs is 3. The Morgan fingerprint density at radius 3 is 2.48 bits per heavy atom. The number of para-hydroxylation sites is 1. The van der Waals surface area contributed by atoms with Crippen molar-refractivity contribution in [3.05, 3.63) is 70.1 Å². The van der Waals surface area contributed by atoms with Gasteiger partial charge in [-0.3, -0.25) is 19.3 Å². The summed E-state index contributed by atoms with van der Waals surface area (Å²) in [5.74, 6) is -2.90. The van der Waals surface area contributed by atoms with Gasteiger partial charge in [-0.15, -0.1) is 11.3 Å². The summed E-state index contributed by atoms with van der Waals surface area (Å²) < 4.78 is 11.0. The number of nitrogens with zero attached hydrogens (tertiary/aromatic N) is 2. The maximum atomic E-state index is 13.8. The van der Waals surface area contributed by atoms with Gasteiger partial charge in [0.2, 0.25) is 11.6 Å². The Kier molecular flexibility index (Phi) is 7.24. The third-order valence-corrected chi connectivity index (χ3v) is 8.85. The van der Waals surface area contributed by atoms with E-state index in [4.69, 9.17) is 21.1 Å². The Balaban J connectivity index is 1.26. The molecule has 1 N–H and O–H groups in total. The minimum atomic E-state index is -1.67. The number of ether oxygens (including phenoxy) is 2. The van der Waals surface area contributed by atoms with Crippen LogP contribution in [0.4, 0.5) is 10.7 Å². The average molecular weight is 608 g/mol. The lowest BCUT2D eigenvalue weighted by molar-refractivity contribution is -0.159. The van der Waals surface area contributed by atoms with Crippen LogP contribution in [0.25, 0.3) is 11.1 Å². The molecule has 3 heterocycles. The van der Waals surface area contributed by atoms with Crippen LogP contribution in [0.1, 0.15) is 53.3 Å². The summed E-state index contributed by atoms with van der Waals surface area (Å²) in [6, 6.07) is 15.5. The second-order valence-electron chi connectivity index (χ2n) is 10.1. The summed E-state index contributed by atoms with van der Waals surface area (Å²) in [6.45, 7) is 1.07. The van der Waals surface area contributed by atoms with Crippen molar-refractivity contribution >= 4 is 63.3 Å². The fraction of sp³-hybridized carbons (Fsp3) is 0.300. The molecule has 0 radical (unpaired) electrons. The maximum absolute atomic E-state index is 13.8. The number of hydrogen-bond acceptors (Lipinski definition) is 8. The van der Waals surface area contributed by atoms with Crippen molar-refractivity contribution in [3.63, 3.8) is 0 Å². The first-order chi connectivity index (χ1) is 20.3. The summed E-state index contributed by atoms with van der Waals surface area (Å²) in [4.78, 5) is 69.4.